The zero-order chi connectivity index (χ0) is 9.03. The Kier molecular flexibility index (Phi) is 2.67. The van der Waals surface area contributed by atoms with E-state index in [0.29, 0.717) is 6.42 Å². The molecule has 0 radical (unpaired) electrons. The lowest BCUT2D eigenvalue weighted by molar-refractivity contribution is -0.00919. The van der Waals surface area contributed by atoms with E-state index >= 15 is 0 Å². The van der Waals surface area contributed by atoms with Crippen molar-refractivity contribution >= 4 is 0 Å². The third kappa shape index (κ3) is 1.96. The summed E-state index contributed by atoms with van der Waals surface area (Å²) >= 11 is 0. The van der Waals surface area contributed by atoms with Crippen molar-refractivity contribution in [1.29, 1.82) is 5.26 Å². The Bertz CT molecular complexity index is 247. The highest BCUT2D eigenvalue weighted by Gasteiger charge is 2.28. The van der Waals surface area contributed by atoms with Gasteiger partial charge in [-0.05, 0) is 19.9 Å². The summed E-state index contributed by atoms with van der Waals surface area (Å²) in [5, 5.41) is 8.93. The zero-order valence-corrected chi connectivity index (χ0v) is 7.45. The summed E-state index contributed by atoms with van der Waals surface area (Å²) in [4.78, 5) is 0. The molecule has 12 heavy (non-hydrogen) atoms. The third-order valence-corrected chi connectivity index (χ3v) is 1.67. The van der Waals surface area contributed by atoms with Gasteiger partial charge in [-0.2, -0.15) is 5.26 Å². The average Bonchev–Trinajstić information content (AvgIpc) is 2.05. The molecule has 0 heterocycles. The summed E-state index contributed by atoms with van der Waals surface area (Å²) in [6.07, 6.45) is 8.28. The van der Waals surface area contributed by atoms with E-state index < -0.39 is 5.60 Å². The van der Waals surface area contributed by atoms with E-state index in [0.717, 1.165) is 0 Å². The maximum Gasteiger partial charge on any atom is 0.176 e. The van der Waals surface area contributed by atoms with Gasteiger partial charge in [-0.1, -0.05) is 18.2 Å². The largest absolute Gasteiger partial charge is 0.354 e. The van der Waals surface area contributed by atoms with Crippen molar-refractivity contribution in [2.45, 2.75) is 32.0 Å². The summed E-state index contributed by atoms with van der Waals surface area (Å²) in [6, 6.07) is 2.19. The number of rotatable bonds is 2. The first-order valence-corrected chi connectivity index (χ1v) is 4.12. The standard InChI is InChI=1S/C10H13NO/c1-9(2)12-10(8-11)6-4-3-5-7-10/h3-6,9H,7H2,1-2H3. The fourth-order valence-electron chi connectivity index (χ4n) is 1.22. The van der Waals surface area contributed by atoms with E-state index in [1.807, 2.05) is 38.2 Å². The molecule has 1 atom stereocenters. The summed E-state index contributed by atoms with van der Waals surface area (Å²) in [6.45, 7) is 3.87. The van der Waals surface area contributed by atoms with Crippen LogP contribution in [0.1, 0.15) is 20.3 Å². The number of hydrogen-bond donors (Lipinski definition) is 0. The zero-order valence-electron chi connectivity index (χ0n) is 7.45. The molecule has 0 spiro atoms. The van der Waals surface area contributed by atoms with Gasteiger partial charge in [-0.15, -0.1) is 0 Å². The maximum absolute atomic E-state index is 8.93. The molecule has 0 aromatic rings. The topological polar surface area (TPSA) is 33.0 Å². The number of allylic oxidation sites excluding steroid dienone is 2. The van der Waals surface area contributed by atoms with Crippen LogP contribution in [0.4, 0.5) is 0 Å². The second kappa shape index (κ2) is 3.55. The molecular formula is C10H13NO. The first-order chi connectivity index (χ1) is 5.68. The molecular weight excluding hydrogens is 150 g/mol. The third-order valence-electron chi connectivity index (χ3n) is 1.67. The minimum atomic E-state index is -0.719. The molecule has 0 fully saturated rings. The van der Waals surface area contributed by atoms with Gasteiger partial charge in [0.25, 0.3) is 0 Å². The average molecular weight is 163 g/mol. The Labute approximate surface area is 73.1 Å². The molecule has 0 bridgehead atoms. The van der Waals surface area contributed by atoms with Crippen LogP contribution in [0.2, 0.25) is 0 Å². The van der Waals surface area contributed by atoms with E-state index in [-0.39, 0.29) is 6.10 Å². The fourth-order valence-corrected chi connectivity index (χ4v) is 1.22. The first-order valence-electron chi connectivity index (χ1n) is 4.12. The van der Waals surface area contributed by atoms with Crippen LogP contribution in [0.25, 0.3) is 0 Å². The van der Waals surface area contributed by atoms with Gasteiger partial charge in [-0.3, -0.25) is 0 Å². The van der Waals surface area contributed by atoms with E-state index in [1.54, 1.807) is 0 Å². The van der Waals surface area contributed by atoms with Gasteiger partial charge in [0.05, 0.1) is 6.10 Å². The van der Waals surface area contributed by atoms with Gasteiger partial charge in [-0.25, -0.2) is 0 Å². The highest BCUT2D eigenvalue weighted by molar-refractivity contribution is 5.26. The summed E-state index contributed by atoms with van der Waals surface area (Å²) in [5.41, 5.74) is -0.719. The number of nitrogens with zero attached hydrogens (tertiary/aromatic N) is 1. The molecule has 1 rings (SSSR count). The Morgan fingerprint density at radius 3 is 2.67 bits per heavy atom. The normalized spacial score (nSPS) is 27.5. The van der Waals surface area contributed by atoms with Crippen molar-refractivity contribution in [3.8, 4) is 6.07 Å². The van der Waals surface area contributed by atoms with Crippen LogP contribution in [0.5, 0.6) is 0 Å². The Morgan fingerprint density at radius 2 is 2.25 bits per heavy atom. The highest BCUT2D eigenvalue weighted by Crippen LogP contribution is 2.22. The maximum atomic E-state index is 8.93. The van der Waals surface area contributed by atoms with Gasteiger partial charge in [0.2, 0.25) is 0 Å². The minimum absolute atomic E-state index is 0.0841. The molecule has 2 nitrogen and oxygen atoms in total. The smallest absolute Gasteiger partial charge is 0.176 e. The Morgan fingerprint density at radius 1 is 1.50 bits per heavy atom. The van der Waals surface area contributed by atoms with Crippen molar-refractivity contribution in [2.24, 2.45) is 0 Å². The molecule has 2 heteroatoms. The van der Waals surface area contributed by atoms with Crippen LogP contribution in [0.3, 0.4) is 0 Å². The Balaban J connectivity index is 2.72. The summed E-state index contributed by atoms with van der Waals surface area (Å²) in [7, 11) is 0. The highest BCUT2D eigenvalue weighted by atomic mass is 16.5. The molecule has 0 amide bonds. The number of nitriles is 1. The van der Waals surface area contributed by atoms with Crippen LogP contribution in [0, 0.1) is 11.3 Å². The molecule has 0 aliphatic heterocycles. The predicted molar refractivity (Wildman–Crippen MR) is 47.5 cm³/mol. The second-order valence-electron chi connectivity index (χ2n) is 3.16. The quantitative estimate of drug-likeness (QED) is 0.625. The van der Waals surface area contributed by atoms with Gasteiger partial charge in [0.1, 0.15) is 6.07 Å². The van der Waals surface area contributed by atoms with Gasteiger partial charge < -0.3 is 4.74 Å². The number of ether oxygens (including phenoxy) is 1. The minimum Gasteiger partial charge on any atom is -0.354 e. The van der Waals surface area contributed by atoms with E-state index in [9.17, 15) is 0 Å². The second-order valence-corrected chi connectivity index (χ2v) is 3.16. The van der Waals surface area contributed by atoms with Crippen LogP contribution < -0.4 is 0 Å². The first kappa shape index (κ1) is 9.02. The van der Waals surface area contributed by atoms with Crippen molar-refractivity contribution < 1.29 is 4.74 Å². The lowest BCUT2D eigenvalue weighted by Gasteiger charge is -2.25. The predicted octanol–water partition coefficient (Wildman–Crippen LogP) is 2.19. The van der Waals surface area contributed by atoms with E-state index in [1.165, 1.54) is 0 Å². The lowest BCUT2D eigenvalue weighted by Crippen LogP contribution is -2.31. The summed E-state index contributed by atoms with van der Waals surface area (Å²) in [5.74, 6) is 0. The molecule has 0 saturated carbocycles. The van der Waals surface area contributed by atoms with Crippen molar-refractivity contribution in [3.05, 3.63) is 24.3 Å². The van der Waals surface area contributed by atoms with Crippen LogP contribution in [-0.2, 0) is 4.74 Å². The molecule has 1 aliphatic carbocycles. The van der Waals surface area contributed by atoms with Crippen LogP contribution >= 0.6 is 0 Å². The van der Waals surface area contributed by atoms with Crippen LogP contribution in [-0.4, -0.2) is 11.7 Å². The van der Waals surface area contributed by atoms with Gasteiger partial charge in [0.15, 0.2) is 5.60 Å². The monoisotopic (exact) mass is 163 g/mol. The summed E-state index contributed by atoms with van der Waals surface area (Å²) < 4.78 is 5.53. The fraction of sp³-hybridized carbons (Fsp3) is 0.500. The van der Waals surface area contributed by atoms with Gasteiger partial charge in [0, 0.05) is 6.42 Å². The number of hydrogen-bond acceptors (Lipinski definition) is 2. The molecule has 1 unspecified atom stereocenters. The molecule has 0 saturated heterocycles. The molecule has 64 valence electrons. The van der Waals surface area contributed by atoms with Crippen molar-refractivity contribution in [3.63, 3.8) is 0 Å². The van der Waals surface area contributed by atoms with Crippen LogP contribution in [0.15, 0.2) is 24.3 Å². The van der Waals surface area contributed by atoms with E-state index in [4.69, 9.17) is 10.00 Å². The molecule has 1 aliphatic rings. The molecule has 0 N–H and O–H groups in total. The van der Waals surface area contributed by atoms with E-state index in [2.05, 4.69) is 6.07 Å². The van der Waals surface area contributed by atoms with Crippen molar-refractivity contribution in [1.82, 2.24) is 0 Å². The molecule has 0 aromatic heterocycles. The Hall–Kier alpha value is -1.07. The molecule has 0 aromatic carbocycles. The SMILES string of the molecule is CC(C)OC1(C#N)C=CC=CC1. The lowest BCUT2D eigenvalue weighted by atomic mass is 9.97. The van der Waals surface area contributed by atoms with Gasteiger partial charge >= 0.3 is 0 Å². The van der Waals surface area contributed by atoms with Crippen molar-refractivity contribution in [2.75, 3.05) is 0 Å².